The fraction of sp³-hybridized carbons (Fsp3) is 0.500. The second-order valence-electron chi connectivity index (χ2n) is 2.87. The summed E-state index contributed by atoms with van der Waals surface area (Å²) in [5.41, 5.74) is 4.98. The third kappa shape index (κ3) is 5.05. The number of amides is 3. The van der Waals surface area contributed by atoms with Crippen molar-refractivity contribution in [2.75, 3.05) is 19.6 Å². The first-order valence-electron chi connectivity index (χ1n) is 4.38. The summed E-state index contributed by atoms with van der Waals surface area (Å²) in [6.07, 6.45) is 0. The molecular weight excluding hydrogens is 218 g/mol. The van der Waals surface area contributed by atoms with Crippen molar-refractivity contribution in [3.8, 4) is 0 Å². The fourth-order valence-electron chi connectivity index (χ4n) is 0.852. The topological polar surface area (TPSA) is 130 Å². The first-order valence-corrected chi connectivity index (χ1v) is 4.38. The maximum Gasteiger partial charge on any atom is 0.323 e. The van der Waals surface area contributed by atoms with Crippen molar-refractivity contribution in [2.45, 2.75) is 6.92 Å². The molecule has 8 nitrogen and oxygen atoms in total. The summed E-state index contributed by atoms with van der Waals surface area (Å²) in [7, 11) is 0. The van der Waals surface area contributed by atoms with Crippen molar-refractivity contribution < 1.29 is 24.3 Å². The monoisotopic (exact) mass is 231 g/mol. The normalized spacial score (nSPS) is 9.38. The second-order valence-corrected chi connectivity index (χ2v) is 2.87. The number of nitrogens with one attached hydrogen (secondary N) is 1. The highest BCUT2D eigenvalue weighted by Gasteiger charge is 2.20. The maximum atomic E-state index is 11.3. The van der Waals surface area contributed by atoms with Crippen LogP contribution in [0.3, 0.4) is 0 Å². The fourth-order valence-corrected chi connectivity index (χ4v) is 0.852. The van der Waals surface area contributed by atoms with E-state index in [4.69, 9.17) is 10.8 Å². The minimum atomic E-state index is -1.31. The Morgan fingerprint density at radius 2 is 1.88 bits per heavy atom. The van der Waals surface area contributed by atoms with Gasteiger partial charge in [0.2, 0.25) is 17.7 Å². The number of aliphatic carboxylic acids is 1. The average molecular weight is 231 g/mol. The van der Waals surface area contributed by atoms with Crippen molar-refractivity contribution >= 4 is 23.7 Å². The molecule has 0 spiro atoms. The van der Waals surface area contributed by atoms with Crippen LogP contribution < -0.4 is 11.1 Å². The molecule has 16 heavy (non-hydrogen) atoms. The van der Waals surface area contributed by atoms with E-state index in [-0.39, 0.29) is 6.54 Å². The quantitative estimate of drug-likeness (QED) is 0.480. The van der Waals surface area contributed by atoms with Gasteiger partial charge in [-0.05, 0) is 0 Å². The Bertz CT molecular complexity index is 315. The van der Waals surface area contributed by atoms with Gasteiger partial charge in [-0.25, -0.2) is 0 Å². The summed E-state index contributed by atoms with van der Waals surface area (Å²) in [5.74, 6) is -3.37. The first-order chi connectivity index (χ1) is 7.38. The highest BCUT2D eigenvalue weighted by atomic mass is 16.4. The van der Waals surface area contributed by atoms with Gasteiger partial charge in [-0.1, -0.05) is 0 Å². The van der Waals surface area contributed by atoms with Gasteiger partial charge in [-0.15, -0.1) is 0 Å². The number of hydrogen-bond acceptors (Lipinski definition) is 5. The number of carbonyl (C=O) groups excluding carboxylic acids is 3. The maximum absolute atomic E-state index is 11.3. The molecule has 0 aliphatic heterocycles. The van der Waals surface area contributed by atoms with Crippen LogP contribution in [0.2, 0.25) is 0 Å². The molecule has 0 aliphatic carbocycles. The van der Waals surface area contributed by atoms with Crippen LogP contribution in [0.15, 0.2) is 0 Å². The van der Waals surface area contributed by atoms with Crippen LogP contribution in [0.5, 0.6) is 0 Å². The lowest BCUT2D eigenvalue weighted by atomic mass is 10.4. The molecule has 0 unspecified atom stereocenters. The number of hydrogen-bond donors (Lipinski definition) is 3. The molecule has 90 valence electrons. The molecular formula is C8H13N3O5. The van der Waals surface area contributed by atoms with Crippen molar-refractivity contribution in [3.63, 3.8) is 0 Å². The highest BCUT2D eigenvalue weighted by molar-refractivity contribution is 5.99. The van der Waals surface area contributed by atoms with Gasteiger partial charge in [0.25, 0.3) is 0 Å². The summed E-state index contributed by atoms with van der Waals surface area (Å²) < 4.78 is 0. The Kier molecular flexibility index (Phi) is 5.71. The van der Waals surface area contributed by atoms with E-state index < -0.39 is 36.8 Å². The van der Waals surface area contributed by atoms with E-state index in [9.17, 15) is 19.2 Å². The predicted octanol–water partition coefficient (Wildman–Crippen LogP) is -2.48. The van der Waals surface area contributed by atoms with Crippen LogP contribution >= 0.6 is 0 Å². The Balaban J connectivity index is 4.34. The van der Waals surface area contributed by atoms with E-state index in [2.05, 4.69) is 5.32 Å². The largest absolute Gasteiger partial charge is 0.480 e. The van der Waals surface area contributed by atoms with Gasteiger partial charge in [-0.2, -0.15) is 0 Å². The molecule has 3 amide bonds. The number of nitrogens with zero attached hydrogens (tertiary/aromatic N) is 1. The first kappa shape index (κ1) is 14.0. The molecule has 0 rings (SSSR count). The molecule has 0 aromatic rings. The Labute approximate surface area is 91.4 Å². The standard InChI is InChI=1S/C8H13N3O5/c1-5(12)11(4-8(15)16)7(14)3-10-6(13)2-9/h2-4,9H2,1H3,(H,10,13)(H,15,16). The SMILES string of the molecule is CC(=O)N(CC(=O)O)C(=O)CNC(=O)CN. The zero-order chi connectivity index (χ0) is 12.7. The number of carboxylic acids is 1. The Morgan fingerprint density at radius 1 is 1.31 bits per heavy atom. The molecule has 0 atom stereocenters. The molecule has 0 fully saturated rings. The van der Waals surface area contributed by atoms with E-state index >= 15 is 0 Å². The Morgan fingerprint density at radius 3 is 2.25 bits per heavy atom. The molecule has 8 heteroatoms. The van der Waals surface area contributed by atoms with Gasteiger partial charge in [0.15, 0.2) is 0 Å². The van der Waals surface area contributed by atoms with Gasteiger partial charge in [-0.3, -0.25) is 24.1 Å². The smallest absolute Gasteiger partial charge is 0.323 e. The predicted molar refractivity (Wildman–Crippen MR) is 52.1 cm³/mol. The number of carbonyl (C=O) groups is 4. The van der Waals surface area contributed by atoms with Gasteiger partial charge in [0, 0.05) is 6.92 Å². The van der Waals surface area contributed by atoms with Gasteiger partial charge < -0.3 is 16.2 Å². The summed E-state index contributed by atoms with van der Waals surface area (Å²) in [6.45, 7) is -0.409. The van der Waals surface area contributed by atoms with Crippen LogP contribution in [0.4, 0.5) is 0 Å². The molecule has 0 aromatic heterocycles. The lowest BCUT2D eigenvalue weighted by molar-refractivity contribution is -0.151. The molecule has 0 radical (unpaired) electrons. The van der Waals surface area contributed by atoms with E-state index in [0.717, 1.165) is 6.92 Å². The molecule has 0 bridgehead atoms. The summed E-state index contributed by atoms with van der Waals surface area (Å²) >= 11 is 0. The van der Waals surface area contributed by atoms with E-state index in [0.29, 0.717) is 4.90 Å². The molecule has 0 aliphatic rings. The van der Waals surface area contributed by atoms with Crippen LogP contribution in [-0.2, 0) is 19.2 Å². The zero-order valence-electron chi connectivity index (χ0n) is 8.73. The average Bonchev–Trinajstić information content (AvgIpc) is 2.21. The molecule has 0 heterocycles. The number of nitrogens with two attached hydrogens (primary N) is 1. The van der Waals surface area contributed by atoms with Crippen LogP contribution in [0.25, 0.3) is 0 Å². The van der Waals surface area contributed by atoms with Crippen LogP contribution in [0, 0.1) is 0 Å². The minimum Gasteiger partial charge on any atom is -0.480 e. The van der Waals surface area contributed by atoms with Crippen molar-refractivity contribution in [1.29, 1.82) is 0 Å². The molecule has 0 aromatic carbocycles. The number of carboxylic acid groups (broad SMARTS) is 1. The molecule has 0 saturated heterocycles. The number of rotatable bonds is 5. The lowest BCUT2D eigenvalue weighted by Crippen LogP contribution is -2.45. The Hall–Kier alpha value is -1.96. The highest BCUT2D eigenvalue weighted by Crippen LogP contribution is 1.90. The van der Waals surface area contributed by atoms with Crippen LogP contribution in [0.1, 0.15) is 6.92 Å². The zero-order valence-corrected chi connectivity index (χ0v) is 8.73. The van der Waals surface area contributed by atoms with Gasteiger partial charge in [0.1, 0.15) is 6.54 Å². The van der Waals surface area contributed by atoms with E-state index in [1.165, 1.54) is 0 Å². The van der Waals surface area contributed by atoms with Crippen molar-refractivity contribution in [1.82, 2.24) is 10.2 Å². The second kappa shape index (κ2) is 6.51. The van der Waals surface area contributed by atoms with Gasteiger partial charge >= 0.3 is 5.97 Å². The molecule has 4 N–H and O–H groups in total. The number of imide groups is 1. The molecule has 0 saturated carbocycles. The third-order valence-corrected chi connectivity index (χ3v) is 1.60. The van der Waals surface area contributed by atoms with Gasteiger partial charge in [0.05, 0.1) is 13.1 Å². The summed E-state index contributed by atoms with van der Waals surface area (Å²) in [6, 6.07) is 0. The lowest BCUT2D eigenvalue weighted by Gasteiger charge is -2.16. The third-order valence-electron chi connectivity index (χ3n) is 1.60. The van der Waals surface area contributed by atoms with Crippen molar-refractivity contribution in [3.05, 3.63) is 0 Å². The van der Waals surface area contributed by atoms with E-state index in [1.54, 1.807) is 0 Å². The van der Waals surface area contributed by atoms with Crippen LogP contribution in [-0.4, -0.2) is 53.3 Å². The summed E-state index contributed by atoms with van der Waals surface area (Å²) in [4.78, 5) is 43.9. The van der Waals surface area contributed by atoms with E-state index in [1.807, 2.05) is 0 Å². The minimum absolute atomic E-state index is 0.285. The van der Waals surface area contributed by atoms with Crippen molar-refractivity contribution in [2.24, 2.45) is 5.73 Å². The summed E-state index contributed by atoms with van der Waals surface area (Å²) in [5, 5.41) is 10.6.